The molecule has 1 aromatic carbocycles. The number of aldehydes is 1. The molecular weight excluding hydrogens is 368 g/mol. The van der Waals surface area contributed by atoms with Crippen LogP contribution >= 0.6 is 15.9 Å². The lowest BCUT2D eigenvalue weighted by molar-refractivity contribution is 0.111. The minimum atomic E-state index is -3.91. The number of pyridine rings is 1. The number of fused-ring (bicyclic) bond motifs is 1. The molecule has 0 saturated carbocycles. The zero-order valence-corrected chi connectivity index (χ0v) is 13.9. The number of carbonyl (C=O) groups excluding carboxylic acids is 1. The maximum absolute atomic E-state index is 13.0. The summed E-state index contributed by atoms with van der Waals surface area (Å²) in [5, 5.41) is 0.571. The van der Waals surface area contributed by atoms with E-state index in [1.54, 1.807) is 31.2 Å². The van der Waals surface area contributed by atoms with E-state index in [0.717, 1.165) is 3.97 Å². The number of benzene rings is 1. The monoisotopic (exact) mass is 378 g/mol. The molecule has 7 heteroatoms. The molecule has 0 unspecified atom stereocenters. The highest BCUT2D eigenvalue weighted by Gasteiger charge is 2.25. The van der Waals surface area contributed by atoms with Crippen LogP contribution in [0.4, 0.5) is 0 Å². The van der Waals surface area contributed by atoms with Gasteiger partial charge in [0, 0.05) is 16.1 Å². The van der Waals surface area contributed by atoms with E-state index in [1.807, 2.05) is 0 Å². The maximum atomic E-state index is 13.0. The summed E-state index contributed by atoms with van der Waals surface area (Å²) in [5.74, 6) is 0. The molecule has 2 heterocycles. The first-order valence-electron chi connectivity index (χ1n) is 6.39. The average molecular weight is 379 g/mol. The molecule has 3 aromatic rings. The molecule has 3 rings (SSSR count). The van der Waals surface area contributed by atoms with E-state index in [0.29, 0.717) is 21.7 Å². The lowest BCUT2D eigenvalue weighted by Gasteiger charge is -2.11. The Bertz CT molecular complexity index is 993. The second kappa shape index (κ2) is 5.33. The van der Waals surface area contributed by atoms with Gasteiger partial charge in [0.2, 0.25) is 0 Å². The van der Waals surface area contributed by atoms with Gasteiger partial charge in [0.15, 0.2) is 11.9 Å². The zero-order chi connectivity index (χ0) is 15.9. The van der Waals surface area contributed by atoms with E-state index in [4.69, 9.17) is 0 Å². The molecule has 0 bridgehead atoms. The molecule has 0 fully saturated rings. The normalized spacial score (nSPS) is 11.7. The zero-order valence-electron chi connectivity index (χ0n) is 11.5. The molecule has 0 N–H and O–H groups in total. The van der Waals surface area contributed by atoms with Gasteiger partial charge in [-0.1, -0.05) is 18.2 Å². The number of aromatic nitrogens is 2. The van der Waals surface area contributed by atoms with Crippen molar-refractivity contribution in [3.63, 3.8) is 0 Å². The third kappa shape index (κ3) is 2.17. The van der Waals surface area contributed by atoms with Crippen LogP contribution in [0.3, 0.4) is 0 Å². The smallest absolute Gasteiger partial charge is 0.270 e. The summed E-state index contributed by atoms with van der Waals surface area (Å²) in [6.45, 7) is 1.71. The van der Waals surface area contributed by atoms with Crippen molar-refractivity contribution in [1.29, 1.82) is 0 Å². The standard InChI is InChI=1S/C15H11BrN2O3S/c1-10-4-2-3-5-14(10)22(20,21)18-11(9-19)8-12-13(16)6-7-17-15(12)18/h2-9H,1H3. The van der Waals surface area contributed by atoms with Crippen molar-refractivity contribution >= 4 is 43.3 Å². The quantitative estimate of drug-likeness (QED) is 0.656. The number of rotatable bonds is 3. The number of aryl methyl sites for hydroxylation is 1. The first-order chi connectivity index (χ1) is 10.5. The van der Waals surface area contributed by atoms with E-state index < -0.39 is 10.0 Å². The van der Waals surface area contributed by atoms with Crippen molar-refractivity contribution in [2.24, 2.45) is 0 Å². The van der Waals surface area contributed by atoms with Gasteiger partial charge >= 0.3 is 0 Å². The van der Waals surface area contributed by atoms with E-state index in [9.17, 15) is 13.2 Å². The average Bonchev–Trinajstić information content (AvgIpc) is 2.88. The molecule has 2 aromatic heterocycles. The Kier molecular flexibility index (Phi) is 3.62. The summed E-state index contributed by atoms with van der Waals surface area (Å²) in [6, 6.07) is 9.84. The van der Waals surface area contributed by atoms with Gasteiger partial charge in [-0.05, 0) is 46.6 Å². The second-order valence-electron chi connectivity index (χ2n) is 4.75. The van der Waals surface area contributed by atoms with Crippen LogP contribution < -0.4 is 0 Å². The predicted octanol–water partition coefficient (Wildman–Crippen LogP) is 3.16. The molecule has 0 spiro atoms. The summed E-state index contributed by atoms with van der Waals surface area (Å²) in [6.07, 6.45) is 2.01. The summed E-state index contributed by atoms with van der Waals surface area (Å²) >= 11 is 3.35. The summed E-state index contributed by atoms with van der Waals surface area (Å²) < 4.78 is 27.6. The molecule has 0 amide bonds. The van der Waals surface area contributed by atoms with E-state index in [-0.39, 0.29) is 16.2 Å². The summed E-state index contributed by atoms with van der Waals surface area (Å²) in [7, 11) is -3.91. The fraction of sp³-hybridized carbons (Fsp3) is 0.0667. The first-order valence-corrected chi connectivity index (χ1v) is 8.62. The first kappa shape index (κ1) is 14.9. The van der Waals surface area contributed by atoms with Gasteiger partial charge in [-0.3, -0.25) is 4.79 Å². The third-order valence-corrected chi connectivity index (χ3v) is 5.94. The fourth-order valence-electron chi connectivity index (χ4n) is 2.34. The van der Waals surface area contributed by atoms with E-state index in [2.05, 4.69) is 20.9 Å². The number of halogens is 1. The highest BCUT2D eigenvalue weighted by Crippen LogP contribution is 2.29. The third-order valence-electron chi connectivity index (χ3n) is 3.37. The SMILES string of the molecule is Cc1ccccc1S(=O)(=O)n1c(C=O)cc2c(Br)ccnc21. The number of hydrogen-bond acceptors (Lipinski definition) is 4. The van der Waals surface area contributed by atoms with Crippen LogP contribution in [0.1, 0.15) is 16.1 Å². The topological polar surface area (TPSA) is 69.0 Å². The highest BCUT2D eigenvalue weighted by atomic mass is 79.9. The van der Waals surface area contributed by atoms with Crippen molar-refractivity contribution in [3.8, 4) is 0 Å². The lowest BCUT2D eigenvalue weighted by Crippen LogP contribution is -2.17. The van der Waals surface area contributed by atoms with Crippen molar-refractivity contribution < 1.29 is 13.2 Å². The molecule has 0 radical (unpaired) electrons. The Labute approximate surface area is 135 Å². The van der Waals surface area contributed by atoms with Crippen LogP contribution in [0.2, 0.25) is 0 Å². The van der Waals surface area contributed by atoms with Crippen LogP contribution in [0.25, 0.3) is 11.0 Å². The van der Waals surface area contributed by atoms with Gasteiger partial charge in [-0.25, -0.2) is 17.4 Å². The van der Waals surface area contributed by atoms with Crippen LogP contribution in [0.5, 0.6) is 0 Å². The minimum absolute atomic E-state index is 0.0395. The van der Waals surface area contributed by atoms with Crippen LogP contribution in [-0.2, 0) is 10.0 Å². The Morgan fingerprint density at radius 1 is 1.23 bits per heavy atom. The fourth-order valence-corrected chi connectivity index (χ4v) is 4.42. The van der Waals surface area contributed by atoms with E-state index >= 15 is 0 Å². The van der Waals surface area contributed by atoms with Crippen molar-refractivity contribution in [1.82, 2.24) is 8.96 Å². The Balaban J connectivity index is 2.42. The molecule has 5 nitrogen and oxygen atoms in total. The van der Waals surface area contributed by atoms with Gasteiger partial charge in [-0.2, -0.15) is 0 Å². The predicted molar refractivity (Wildman–Crippen MR) is 86.6 cm³/mol. The summed E-state index contributed by atoms with van der Waals surface area (Å²) in [4.78, 5) is 15.6. The van der Waals surface area contributed by atoms with Crippen LogP contribution in [-0.4, -0.2) is 23.7 Å². The molecule has 0 atom stereocenters. The molecule has 112 valence electrons. The highest BCUT2D eigenvalue weighted by molar-refractivity contribution is 9.10. The van der Waals surface area contributed by atoms with Crippen LogP contribution in [0.15, 0.2) is 52.0 Å². The molecule has 0 aliphatic heterocycles. The van der Waals surface area contributed by atoms with Gasteiger partial charge in [0.05, 0.1) is 10.6 Å². The molecule has 0 aliphatic carbocycles. The van der Waals surface area contributed by atoms with E-state index in [1.165, 1.54) is 18.3 Å². The molecule has 0 saturated heterocycles. The van der Waals surface area contributed by atoms with Gasteiger partial charge in [0.25, 0.3) is 10.0 Å². The number of hydrogen-bond donors (Lipinski definition) is 0. The number of carbonyl (C=O) groups is 1. The second-order valence-corrected chi connectivity index (χ2v) is 7.36. The Hall–Kier alpha value is -1.99. The molecular formula is C15H11BrN2O3S. The Morgan fingerprint density at radius 3 is 2.64 bits per heavy atom. The van der Waals surface area contributed by atoms with Crippen molar-refractivity contribution in [2.75, 3.05) is 0 Å². The molecule has 0 aliphatic rings. The van der Waals surface area contributed by atoms with Gasteiger partial charge < -0.3 is 0 Å². The van der Waals surface area contributed by atoms with Crippen LogP contribution in [0, 0.1) is 6.92 Å². The maximum Gasteiger partial charge on any atom is 0.270 e. The Morgan fingerprint density at radius 2 is 1.95 bits per heavy atom. The summed E-state index contributed by atoms with van der Waals surface area (Å²) in [5.41, 5.74) is 0.869. The lowest BCUT2D eigenvalue weighted by atomic mass is 10.2. The van der Waals surface area contributed by atoms with Crippen molar-refractivity contribution in [2.45, 2.75) is 11.8 Å². The van der Waals surface area contributed by atoms with Crippen molar-refractivity contribution in [3.05, 3.63) is 58.3 Å². The van der Waals surface area contributed by atoms with Gasteiger partial charge in [0.1, 0.15) is 0 Å². The van der Waals surface area contributed by atoms with Gasteiger partial charge in [-0.15, -0.1) is 0 Å². The molecule has 22 heavy (non-hydrogen) atoms. The largest absolute Gasteiger partial charge is 0.296 e. The number of nitrogens with zero attached hydrogens (tertiary/aromatic N) is 2. The minimum Gasteiger partial charge on any atom is -0.296 e.